The summed E-state index contributed by atoms with van der Waals surface area (Å²) in [7, 11) is 0. The van der Waals surface area contributed by atoms with Gasteiger partial charge < -0.3 is 4.90 Å². The van der Waals surface area contributed by atoms with E-state index in [0.717, 1.165) is 44.8 Å². The predicted molar refractivity (Wildman–Crippen MR) is 112 cm³/mol. The molecule has 0 N–H and O–H groups in total. The molecule has 1 saturated heterocycles. The number of aryl methyl sites for hydroxylation is 2. The first-order chi connectivity index (χ1) is 12.8. The fraction of sp³-hybridized carbons (Fsp3) is 0.545. The number of piperazine rings is 1. The molecule has 1 aliphatic rings. The molecule has 1 fully saturated rings. The Bertz CT molecular complexity index is 753. The zero-order valence-electron chi connectivity index (χ0n) is 17.0. The molecule has 146 valence electrons. The molecule has 27 heavy (non-hydrogen) atoms. The molecule has 0 bridgehead atoms. The first-order valence-corrected chi connectivity index (χ1v) is 10.7. The molecule has 0 spiro atoms. The van der Waals surface area contributed by atoms with E-state index in [4.69, 9.17) is 4.98 Å². The molecule has 0 atom stereocenters. The van der Waals surface area contributed by atoms with Crippen LogP contribution in [0.25, 0.3) is 0 Å². The molecule has 0 saturated carbocycles. The molecule has 1 aliphatic heterocycles. The monoisotopic (exact) mass is 385 g/mol. The van der Waals surface area contributed by atoms with Crippen LogP contribution in [0.15, 0.2) is 29.6 Å². The van der Waals surface area contributed by atoms with Crippen LogP contribution in [0, 0.1) is 6.92 Å². The molecule has 1 aromatic carbocycles. The lowest BCUT2D eigenvalue weighted by Gasteiger charge is -2.34. The predicted octanol–water partition coefficient (Wildman–Crippen LogP) is 4.03. The van der Waals surface area contributed by atoms with E-state index in [1.165, 1.54) is 16.1 Å². The maximum absolute atomic E-state index is 12.5. The number of carbonyl (C=O) groups excluding carboxylic acids is 1. The maximum atomic E-state index is 12.5. The summed E-state index contributed by atoms with van der Waals surface area (Å²) in [4.78, 5) is 21.7. The molecule has 2 heterocycles. The minimum Gasteiger partial charge on any atom is -0.340 e. The van der Waals surface area contributed by atoms with E-state index in [1.807, 2.05) is 4.90 Å². The Morgan fingerprint density at radius 1 is 1.11 bits per heavy atom. The van der Waals surface area contributed by atoms with Gasteiger partial charge in [0.1, 0.15) is 0 Å². The molecule has 1 amide bonds. The fourth-order valence-corrected chi connectivity index (χ4v) is 4.17. The second-order valence-electron chi connectivity index (χ2n) is 8.54. The van der Waals surface area contributed by atoms with E-state index in [1.54, 1.807) is 11.3 Å². The zero-order chi connectivity index (χ0) is 19.4. The van der Waals surface area contributed by atoms with Crippen molar-refractivity contribution in [3.05, 3.63) is 51.5 Å². The van der Waals surface area contributed by atoms with E-state index in [9.17, 15) is 4.79 Å². The Morgan fingerprint density at radius 3 is 2.37 bits per heavy atom. The molecule has 0 unspecified atom stereocenters. The molecule has 3 rings (SSSR count). The normalized spacial score (nSPS) is 15.9. The summed E-state index contributed by atoms with van der Waals surface area (Å²) in [6.45, 7) is 13.1. The van der Waals surface area contributed by atoms with Gasteiger partial charge in [-0.2, -0.15) is 0 Å². The summed E-state index contributed by atoms with van der Waals surface area (Å²) in [5, 5.41) is 3.38. The van der Waals surface area contributed by atoms with Crippen LogP contribution in [-0.2, 0) is 23.2 Å². The fourth-order valence-electron chi connectivity index (χ4n) is 3.27. The van der Waals surface area contributed by atoms with Crippen LogP contribution in [0.5, 0.6) is 0 Å². The number of nitrogens with zero attached hydrogens (tertiary/aromatic N) is 3. The average Bonchev–Trinajstić information content (AvgIpc) is 3.10. The van der Waals surface area contributed by atoms with Gasteiger partial charge in [0.15, 0.2) is 0 Å². The molecule has 5 heteroatoms. The van der Waals surface area contributed by atoms with Crippen molar-refractivity contribution in [1.29, 1.82) is 0 Å². The van der Waals surface area contributed by atoms with Crippen molar-refractivity contribution in [3.63, 3.8) is 0 Å². The lowest BCUT2D eigenvalue weighted by atomic mass is 9.98. The number of aromatic nitrogens is 1. The molecular weight excluding hydrogens is 354 g/mol. The summed E-state index contributed by atoms with van der Waals surface area (Å²) < 4.78 is 0. The number of benzene rings is 1. The standard InChI is InChI=1S/C22H31N3OS/c1-17-5-7-18(8-6-17)9-10-20(26)25-13-11-24(12-14-25)15-19-16-27-21(23-19)22(2,3)4/h5-8,16H,9-15H2,1-4H3. The number of amides is 1. The first-order valence-electron chi connectivity index (χ1n) is 9.82. The first kappa shape index (κ1) is 20.0. The molecule has 2 aromatic rings. The minimum atomic E-state index is 0.117. The zero-order valence-corrected chi connectivity index (χ0v) is 17.8. The summed E-state index contributed by atoms with van der Waals surface area (Å²) >= 11 is 1.75. The lowest BCUT2D eigenvalue weighted by molar-refractivity contribution is -0.133. The van der Waals surface area contributed by atoms with Crippen LogP contribution in [0.2, 0.25) is 0 Å². The van der Waals surface area contributed by atoms with Crippen LogP contribution >= 0.6 is 11.3 Å². The van der Waals surface area contributed by atoms with Gasteiger partial charge in [-0.3, -0.25) is 9.69 Å². The van der Waals surface area contributed by atoms with Gasteiger partial charge in [0.05, 0.1) is 10.7 Å². The van der Waals surface area contributed by atoms with Gasteiger partial charge in [0.2, 0.25) is 5.91 Å². The molecule has 0 aliphatic carbocycles. The minimum absolute atomic E-state index is 0.117. The SMILES string of the molecule is Cc1ccc(CCC(=O)N2CCN(Cc3csc(C(C)(C)C)n3)CC2)cc1. The highest BCUT2D eigenvalue weighted by atomic mass is 32.1. The van der Waals surface area contributed by atoms with Gasteiger partial charge in [-0.05, 0) is 18.9 Å². The van der Waals surface area contributed by atoms with Crippen molar-refractivity contribution in [2.24, 2.45) is 0 Å². The van der Waals surface area contributed by atoms with Crippen LogP contribution in [0.3, 0.4) is 0 Å². The van der Waals surface area contributed by atoms with Gasteiger partial charge in [-0.15, -0.1) is 11.3 Å². The third-order valence-electron chi connectivity index (χ3n) is 5.05. The Kier molecular flexibility index (Phi) is 6.33. The second kappa shape index (κ2) is 8.53. The van der Waals surface area contributed by atoms with Crippen LogP contribution < -0.4 is 0 Å². The van der Waals surface area contributed by atoms with E-state index in [2.05, 4.69) is 62.2 Å². The summed E-state index contributed by atoms with van der Waals surface area (Å²) in [6, 6.07) is 8.48. The average molecular weight is 386 g/mol. The Morgan fingerprint density at radius 2 is 1.78 bits per heavy atom. The summed E-state index contributed by atoms with van der Waals surface area (Å²) in [6.07, 6.45) is 1.43. The third-order valence-corrected chi connectivity index (χ3v) is 6.37. The van der Waals surface area contributed by atoms with Crippen molar-refractivity contribution in [3.8, 4) is 0 Å². The van der Waals surface area contributed by atoms with Crippen molar-refractivity contribution < 1.29 is 4.79 Å². The Hall–Kier alpha value is -1.72. The van der Waals surface area contributed by atoms with E-state index in [0.29, 0.717) is 6.42 Å². The van der Waals surface area contributed by atoms with Crippen molar-refractivity contribution >= 4 is 17.2 Å². The van der Waals surface area contributed by atoms with Crippen molar-refractivity contribution in [1.82, 2.24) is 14.8 Å². The summed E-state index contributed by atoms with van der Waals surface area (Å²) in [5.41, 5.74) is 3.77. The van der Waals surface area contributed by atoms with Gasteiger partial charge in [-0.25, -0.2) is 4.98 Å². The van der Waals surface area contributed by atoms with E-state index < -0.39 is 0 Å². The van der Waals surface area contributed by atoms with Crippen LogP contribution in [-0.4, -0.2) is 46.9 Å². The van der Waals surface area contributed by atoms with Crippen LogP contribution in [0.4, 0.5) is 0 Å². The van der Waals surface area contributed by atoms with Crippen molar-refractivity contribution in [2.75, 3.05) is 26.2 Å². The maximum Gasteiger partial charge on any atom is 0.222 e. The van der Waals surface area contributed by atoms with Gasteiger partial charge in [0.25, 0.3) is 0 Å². The molecule has 4 nitrogen and oxygen atoms in total. The largest absolute Gasteiger partial charge is 0.340 e. The smallest absolute Gasteiger partial charge is 0.222 e. The highest BCUT2D eigenvalue weighted by molar-refractivity contribution is 7.09. The summed E-state index contributed by atoms with van der Waals surface area (Å²) in [5.74, 6) is 0.277. The van der Waals surface area contributed by atoms with Gasteiger partial charge in [0, 0.05) is 49.9 Å². The number of thiazole rings is 1. The van der Waals surface area contributed by atoms with E-state index >= 15 is 0 Å². The molecule has 1 aromatic heterocycles. The lowest BCUT2D eigenvalue weighted by Crippen LogP contribution is -2.48. The molecule has 0 radical (unpaired) electrons. The third kappa shape index (κ3) is 5.63. The Labute approximate surface area is 167 Å². The highest BCUT2D eigenvalue weighted by Gasteiger charge is 2.23. The van der Waals surface area contributed by atoms with E-state index in [-0.39, 0.29) is 11.3 Å². The number of rotatable bonds is 5. The Balaban J connectivity index is 1.43. The molecular formula is C22H31N3OS. The number of hydrogen-bond acceptors (Lipinski definition) is 4. The number of hydrogen-bond donors (Lipinski definition) is 0. The van der Waals surface area contributed by atoms with Crippen LogP contribution in [0.1, 0.15) is 49.0 Å². The van der Waals surface area contributed by atoms with Gasteiger partial charge >= 0.3 is 0 Å². The topological polar surface area (TPSA) is 36.4 Å². The van der Waals surface area contributed by atoms with Gasteiger partial charge in [-0.1, -0.05) is 50.6 Å². The van der Waals surface area contributed by atoms with Crippen molar-refractivity contribution in [2.45, 2.75) is 52.5 Å². The highest BCUT2D eigenvalue weighted by Crippen LogP contribution is 2.26. The quantitative estimate of drug-likeness (QED) is 0.780. The second-order valence-corrected chi connectivity index (χ2v) is 9.39. The number of carbonyl (C=O) groups is 1.